The second kappa shape index (κ2) is 14.4. The Balaban J connectivity index is 1.07. The van der Waals surface area contributed by atoms with Gasteiger partial charge in [-0.15, -0.1) is 0 Å². The lowest BCUT2D eigenvalue weighted by atomic mass is 9.88. The molecule has 0 saturated carbocycles. The summed E-state index contributed by atoms with van der Waals surface area (Å²) in [5.74, 6) is 0.893. The van der Waals surface area contributed by atoms with Crippen LogP contribution in [0.5, 0.6) is 0 Å². The van der Waals surface area contributed by atoms with Gasteiger partial charge in [-0.1, -0.05) is 188 Å². The molecule has 0 amide bonds. The molecule has 3 heterocycles. The Bertz CT molecular complexity index is 4060. The first kappa shape index (κ1) is 36.7. The van der Waals surface area contributed by atoms with E-state index in [4.69, 9.17) is 4.98 Å². The summed E-state index contributed by atoms with van der Waals surface area (Å²) in [5.41, 5.74) is 17.5. The van der Waals surface area contributed by atoms with Crippen molar-refractivity contribution >= 4 is 65.2 Å². The molecule has 14 aromatic rings. The van der Waals surface area contributed by atoms with Crippen molar-refractivity contribution in [2.45, 2.75) is 0 Å². The van der Waals surface area contributed by atoms with Crippen molar-refractivity contribution in [1.82, 2.24) is 14.1 Å². The van der Waals surface area contributed by atoms with Gasteiger partial charge in [0.1, 0.15) is 5.82 Å². The van der Waals surface area contributed by atoms with Crippen LogP contribution in [-0.2, 0) is 0 Å². The summed E-state index contributed by atoms with van der Waals surface area (Å²) in [4.78, 5) is 5.50. The van der Waals surface area contributed by atoms with Gasteiger partial charge in [0.2, 0.25) is 0 Å². The third kappa shape index (κ3) is 5.41. The quantitative estimate of drug-likeness (QED) is 0.147. The van der Waals surface area contributed by atoms with Crippen LogP contribution < -0.4 is 0 Å². The van der Waals surface area contributed by atoms with Gasteiger partial charge in [0.15, 0.2) is 0 Å². The summed E-state index contributed by atoms with van der Waals surface area (Å²) >= 11 is 0. The molecule has 0 bridgehead atoms. The first-order valence-corrected chi connectivity index (χ1v) is 22.7. The van der Waals surface area contributed by atoms with E-state index in [1.165, 1.54) is 87.5 Å². The smallest absolute Gasteiger partial charge is 0.138 e. The van der Waals surface area contributed by atoms with Gasteiger partial charge < -0.3 is 4.57 Å². The molecule has 0 atom stereocenters. The second-order valence-corrected chi connectivity index (χ2v) is 17.4. The Kier molecular flexibility index (Phi) is 7.98. The van der Waals surface area contributed by atoms with Crippen molar-refractivity contribution in [1.29, 1.82) is 0 Å². The highest BCUT2D eigenvalue weighted by Crippen LogP contribution is 2.49. The van der Waals surface area contributed by atoms with Crippen LogP contribution in [0.1, 0.15) is 0 Å². The lowest BCUT2D eigenvalue weighted by molar-refractivity contribution is 1.08. The molecule has 306 valence electrons. The molecule has 0 unspecified atom stereocenters. The number of hydrogen-bond donors (Lipinski definition) is 0. The maximum atomic E-state index is 5.50. The van der Waals surface area contributed by atoms with Gasteiger partial charge in [0, 0.05) is 32.8 Å². The zero-order valence-corrected chi connectivity index (χ0v) is 35.9. The van der Waals surface area contributed by atoms with E-state index in [-0.39, 0.29) is 0 Å². The standard InChI is InChI=1S/C63H39N3/c1-6-16-40(17-7-1)44-38-54(43-22-12-4-13-23-43)64-59(39-44)66-57-35-31-47(42-20-10-3-11-21-42)51-27-29-53-49(33-37-58(66)63(53)61(51)57)48-32-36-56-62-52(48)28-26-50-46(41-18-8-2-9-19-41)30-34-55(60(50)62)65(56)45-24-14-5-15-25-45/h1-39H. The zero-order valence-electron chi connectivity index (χ0n) is 35.9. The number of hydrogen-bond acceptors (Lipinski definition) is 1. The maximum Gasteiger partial charge on any atom is 0.138 e. The number of aromatic nitrogens is 3. The van der Waals surface area contributed by atoms with Gasteiger partial charge in [0.25, 0.3) is 0 Å². The van der Waals surface area contributed by atoms with Gasteiger partial charge in [-0.05, 0) is 115 Å². The summed E-state index contributed by atoms with van der Waals surface area (Å²) in [5, 5.41) is 10.1. The van der Waals surface area contributed by atoms with Gasteiger partial charge in [0.05, 0.1) is 27.8 Å². The summed E-state index contributed by atoms with van der Waals surface area (Å²) in [7, 11) is 0. The zero-order chi connectivity index (χ0) is 43.3. The van der Waals surface area contributed by atoms with E-state index in [0.717, 1.165) is 44.9 Å². The molecule has 66 heavy (non-hydrogen) atoms. The van der Waals surface area contributed by atoms with E-state index in [9.17, 15) is 0 Å². The van der Waals surface area contributed by atoms with E-state index >= 15 is 0 Å². The van der Waals surface area contributed by atoms with Crippen LogP contribution in [0, 0.1) is 0 Å². The van der Waals surface area contributed by atoms with Crippen LogP contribution in [0.4, 0.5) is 0 Å². The normalized spacial score (nSPS) is 11.9. The Labute approximate surface area is 381 Å². The molecule has 14 rings (SSSR count). The fraction of sp³-hybridized carbons (Fsp3) is 0. The Hall–Kier alpha value is -8.79. The topological polar surface area (TPSA) is 22.8 Å². The van der Waals surface area contributed by atoms with Gasteiger partial charge in [-0.3, -0.25) is 4.57 Å². The minimum Gasteiger partial charge on any atom is -0.309 e. The molecule has 3 nitrogen and oxygen atoms in total. The summed E-state index contributed by atoms with van der Waals surface area (Å²) < 4.78 is 4.85. The van der Waals surface area contributed by atoms with E-state index in [1.807, 2.05) is 0 Å². The van der Waals surface area contributed by atoms with Crippen molar-refractivity contribution in [3.63, 3.8) is 0 Å². The molecule has 0 spiro atoms. The minimum absolute atomic E-state index is 0.893. The SMILES string of the molecule is c1ccc(-c2cc(-c3ccccc3)nc(-n3c4ccc(-c5ccccc5)c5ccc6c(-c7ccc8c9c7ccc7c(-c%10ccccc%10)ccc(c79)n8-c7ccccc7)ccc3c6c54)c2)cc1. The Morgan fingerprint density at radius 3 is 1.08 bits per heavy atom. The predicted octanol–water partition coefficient (Wildman–Crippen LogP) is 16.8. The van der Waals surface area contributed by atoms with Crippen LogP contribution in [-0.4, -0.2) is 14.1 Å². The van der Waals surface area contributed by atoms with E-state index in [1.54, 1.807) is 0 Å². The first-order valence-electron chi connectivity index (χ1n) is 22.7. The average Bonchev–Trinajstić information content (AvgIpc) is 3.93. The fourth-order valence-corrected chi connectivity index (χ4v) is 11.0. The largest absolute Gasteiger partial charge is 0.309 e. The summed E-state index contributed by atoms with van der Waals surface area (Å²) in [6.45, 7) is 0. The van der Waals surface area contributed by atoms with Gasteiger partial charge in [-0.25, -0.2) is 4.98 Å². The van der Waals surface area contributed by atoms with Crippen molar-refractivity contribution in [2.24, 2.45) is 0 Å². The Morgan fingerprint density at radius 1 is 0.258 bits per heavy atom. The molecular formula is C63H39N3. The molecule has 11 aromatic carbocycles. The average molecular weight is 838 g/mol. The number of nitrogens with zero attached hydrogens (tertiary/aromatic N) is 3. The van der Waals surface area contributed by atoms with Gasteiger partial charge in [-0.2, -0.15) is 0 Å². The minimum atomic E-state index is 0.893. The monoisotopic (exact) mass is 837 g/mol. The first-order chi connectivity index (χ1) is 32.8. The molecule has 0 aliphatic heterocycles. The second-order valence-electron chi connectivity index (χ2n) is 17.4. The van der Waals surface area contributed by atoms with Crippen molar-refractivity contribution in [3.8, 4) is 67.3 Å². The molecule has 0 N–H and O–H groups in total. The highest BCUT2D eigenvalue weighted by molar-refractivity contribution is 6.32. The van der Waals surface area contributed by atoms with Crippen molar-refractivity contribution in [2.75, 3.05) is 0 Å². The van der Waals surface area contributed by atoms with Crippen LogP contribution in [0.2, 0.25) is 0 Å². The van der Waals surface area contributed by atoms with Crippen molar-refractivity contribution in [3.05, 3.63) is 237 Å². The highest BCUT2D eigenvalue weighted by atomic mass is 15.1. The van der Waals surface area contributed by atoms with E-state index < -0.39 is 0 Å². The highest BCUT2D eigenvalue weighted by Gasteiger charge is 2.25. The Morgan fingerprint density at radius 2 is 0.621 bits per heavy atom. The van der Waals surface area contributed by atoms with Gasteiger partial charge >= 0.3 is 0 Å². The molecule has 0 saturated heterocycles. The molecule has 0 aliphatic rings. The van der Waals surface area contributed by atoms with Crippen molar-refractivity contribution < 1.29 is 0 Å². The molecule has 3 heteroatoms. The number of rotatable bonds is 7. The van der Waals surface area contributed by atoms with Crippen LogP contribution >= 0.6 is 0 Å². The third-order valence-electron chi connectivity index (χ3n) is 13.9. The molecule has 3 aromatic heterocycles. The maximum absolute atomic E-state index is 5.50. The molecule has 0 fully saturated rings. The molecule has 0 aliphatic carbocycles. The van der Waals surface area contributed by atoms with E-state index in [0.29, 0.717) is 0 Å². The number of para-hydroxylation sites is 1. The van der Waals surface area contributed by atoms with Crippen LogP contribution in [0.15, 0.2) is 237 Å². The summed E-state index contributed by atoms with van der Waals surface area (Å²) in [6, 6.07) is 86.2. The van der Waals surface area contributed by atoms with E-state index in [2.05, 4.69) is 246 Å². The lowest BCUT2D eigenvalue weighted by Gasteiger charge is -2.14. The fourth-order valence-electron chi connectivity index (χ4n) is 11.0. The molecule has 0 radical (unpaired) electrons. The summed E-state index contributed by atoms with van der Waals surface area (Å²) in [6.07, 6.45) is 0. The van der Waals surface area contributed by atoms with Crippen LogP contribution in [0.3, 0.4) is 0 Å². The van der Waals surface area contributed by atoms with Crippen LogP contribution in [0.25, 0.3) is 132 Å². The third-order valence-corrected chi connectivity index (χ3v) is 13.9. The predicted molar refractivity (Wildman–Crippen MR) is 277 cm³/mol. The lowest BCUT2D eigenvalue weighted by Crippen LogP contribution is -2.00. The molecular weight excluding hydrogens is 799 g/mol. The number of benzene rings is 11. The number of pyridine rings is 1.